The first-order valence-corrected chi connectivity index (χ1v) is 16.3. The maximum absolute atomic E-state index is 14.6. The van der Waals surface area contributed by atoms with Gasteiger partial charge >= 0.3 is 6.18 Å². The van der Waals surface area contributed by atoms with E-state index >= 15 is 0 Å². The molecule has 2 fully saturated rings. The van der Waals surface area contributed by atoms with Gasteiger partial charge in [-0.3, -0.25) is 14.5 Å². The third kappa shape index (κ3) is 5.34. The van der Waals surface area contributed by atoms with Crippen LogP contribution in [0.5, 0.6) is 0 Å². The number of pyridine rings is 1. The fourth-order valence-electron chi connectivity index (χ4n) is 6.66. The Hall–Kier alpha value is -4.24. The SMILES string of the molecule is Cn1cc(S(=O)(=O)N(CC2CC2)[C@H]2CCC3=Cc4c(cnn4-c4ccc(F)cc4)C[C@]3(C(=O)c3cc(C(F)(F)F)ccn3)C2)nn1. The molecule has 2 saturated carbocycles. The molecule has 4 aromatic rings. The first-order valence-electron chi connectivity index (χ1n) is 14.9. The van der Waals surface area contributed by atoms with Gasteiger partial charge in [-0.05, 0) is 92.5 Å². The molecule has 15 heteroatoms. The van der Waals surface area contributed by atoms with E-state index in [0.29, 0.717) is 35.4 Å². The van der Waals surface area contributed by atoms with Crippen molar-refractivity contribution < 1.29 is 30.8 Å². The van der Waals surface area contributed by atoms with Crippen molar-refractivity contribution in [3.05, 3.63) is 88.9 Å². The summed E-state index contributed by atoms with van der Waals surface area (Å²) in [6.07, 6.45) is 3.54. The highest BCUT2D eigenvalue weighted by molar-refractivity contribution is 7.89. The quantitative estimate of drug-likeness (QED) is 0.194. The number of fused-ring (bicyclic) bond motifs is 2. The van der Waals surface area contributed by atoms with Gasteiger partial charge < -0.3 is 0 Å². The maximum Gasteiger partial charge on any atom is 0.416 e. The molecule has 1 aromatic carbocycles. The van der Waals surface area contributed by atoms with Crippen LogP contribution in [-0.4, -0.2) is 60.9 Å². The van der Waals surface area contributed by atoms with Gasteiger partial charge in [0.25, 0.3) is 10.0 Å². The van der Waals surface area contributed by atoms with E-state index in [1.54, 1.807) is 30.1 Å². The van der Waals surface area contributed by atoms with Crippen LogP contribution in [-0.2, 0) is 29.7 Å². The zero-order chi connectivity index (χ0) is 32.4. The van der Waals surface area contributed by atoms with E-state index in [9.17, 15) is 30.8 Å². The second-order valence-electron chi connectivity index (χ2n) is 12.3. The summed E-state index contributed by atoms with van der Waals surface area (Å²) in [7, 11) is -2.55. The van der Waals surface area contributed by atoms with E-state index in [2.05, 4.69) is 20.4 Å². The molecule has 2 atom stereocenters. The number of halogens is 4. The number of Topliss-reactive ketones (excluding diaryl/α,β-unsaturated/α-hetero) is 1. The van der Waals surface area contributed by atoms with Gasteiger partial charge in [-0.25, -0.2) is 17.5 Å². The standard InChI is InChI=1S/C31H29F4N7O3S/c1-40-18-28(38-39-40)46(44,45)41(17-19-2-3-19)25-7-4-21-13-27-20(16-37-42(27)24-8-5-23(32)6-9-24)14-30(21,15-25)29(43)26-12-22(10-11-36-26)31(33,34)35/h5-6,8-13,16,18-19,25H,2-4,7,14-15,17H2,1H3/t25-,30-/m0/s1. The highest BCUT2D eigenvalue weighted by Gasteiger charge is 2.52. The molecule has 10 nitrogen and oxygen atoms in total. The first kappa shape index (κ1) is 30.4. The number of hydrogen-bond acceptors (Lipinski definition) is 7. The Kier molecular flexibility index (Phi) is 7.23. The first-order chi connectivity index (χ1) is 21.8. The third-order valence-electron chi connectivity index (χ3n) is 9.16. The van der Waals surface area contributed by atoms with E-state index in [-0.39, 0.29) is 36.0 Å². The molecule has 0 saturated heterocycles. The Labute approximate surface area is 261 Å². The summed E-state index contributed by atoms with van der Waals surface area (Å²) in [5.41, 5.74) is -0.154. The predicted octanol–water partition coefficient (Wildman–Crippen LogP) is 5.02. The molecule has 240 valence electrons. The van der Waals surface area contributed by atoms with Crippen molar-refractivity contribution >= 4 is 21.9 Å². The molecular weight excluding hydrogens is 626 g/mol. The maximum atomic E-state index is 14.6. The van der Waals surface area contributed by atoms with Crippen molar-refractivity contribution in [3.63, 3.8) is 0 Å². The Morgan fingerprint density at radius 3 is 2.57 bits per heavy atom. The lowest BCUT2D eigenvalue weighted by Crippen LogP contribution is -2.51. The number of ketones is 1. The minimum Gasteiger partial charge on any atom is -0.291 e. The van der Waals surface area contributed by atoms with E-state index in [1.165, 1.54) is 27.3 Å². The molecule has 0 radical (unpaired) electrons. The van der Waals surface area contributed by atoms with Gasteiger partial charge in [-0.2, -0.15) is 22.6 Å². The lowest BCUT2D eigenvalue weighted by atomic mass is 9.60. The van der Waals surface area contributed by atoms with Gasteiger partial charge in [-0.1, -0.05) is 10.8 Å². The van der Waals surface area contributed by atoms with Crippen LogP contribution < -0.4 is 0 Å². The Morgan fingerprint density at radius 1 is 1.13 bits per heavy atom. The van der Waals surface area contributed by atoms with Crippen LogP contribution in [0.15, 0.2) is 65.6 Å². The molecule has 0 aliphatic heterocycles. The van der Waals surface area contributed by atoms with Crippen LogP contribution in [0.4, 0.5) is 17.6 Å². The number of sulfonamides is 1. The number of nitrogens with zero attached hydrogens (tertiary/aromatic N) is 7. The number of rotatable bonds is 8. The summed E-state index contributed by atoms with van der Waals surface area (Å²) in [6.45, 7) is 0.239. The number of aryl methyl sites for hydroxylation is 1. The minimum atomic E-state index is -4.69. The number of hydrogen-bond donors (Lipinski definition) is 0. The third-order valence-corrected chi connectivity index (χ3v) is 10.9. The number of benzene rings is 1. The highest BCUT2D eigenvalue weighted by Crippen LogP contribution is 2.52. The second kappa shape index (κ2) is 10.9. The van der Waals surface area contributed by atoms with E-state index < -0.39 is 44.8 Å². The zero-order valence-corrected chi connectivity index (χ0v) is 25.5. The number of aromatic nitrogens is 6. The van der Waals surface area contributed by atoms with Crippen LogP contribution in [0.2, 0.25) is 0 Å². The van der Waals surface area contributed by atoms with Crippen LogP contribution in [0.1, 0.15) is 59.4 Å². The predicted molar refractivity (Wildman–Crippen MR) is 156 cm³/mol. The second-order valence-corrected chi connectivity index (χ2v) is 14.1. The summed E-state index contributed by atoms with van der Waals surface area (Å²) in [6, 6.07) is 6.69. The molecule has 3 aliphatic carbocycles. The van der Waals surface area contributed by atoms with Crippen molar-refractivity contribution in [2.45, 2.75) is 55.8 Å². The average Bonchev–Trinajstić information content (AvgIpc) is 3.60. The molecule has 3 aliphatic rings. The molecule has 3 aromatic heterocycles. The lowest BCUT2D eigenvalue weighted by Gasteiger charge is -2.46. The summed E-state index contributed by atoms with van der Waals surface area (Å²) >= 11 is 0. The summed E-state index contributed by atoms with van der Waals surface area (Å²) < 4.78 is 87.1. The van der Waals surface area contributed by atoms with Crippen LogP contribution in [0.3, 0.4) is 0 Å². The average molecular weight is 656 g/mol. The van der Waals surface area contributed by atoms with Crippen molar-refractivity contribution in [3.8, 4) is 5.69 Å². The number of carbonyl (C=O) groups excluding carboxylic acids is 1. The largest absolute Gasteiger partial charge is 0.416 e. The van der Waals surface area contributed by atoms with Crippen molar-refractivity contribution in [1.82, 2.24) is 34.1 Å². The molecule has 7 rings (SSSR count). The molecule has 0 N–H and O–H groups in total. The van der Waals surface area contributed by atoms with Gasteiger partial charge in [0.15, 0.2) is 5.78 Å². The summed E-state index contributed by atoms with van der Waals surface area (Å²) in [5.74, 6) is -0.864. The molecule has 0 spiro atoms. The van der Waals surface area contributed by atoms with Gasteiger partial charge in [0, 0.05) is 25.8 Å². The van der Waals surface area contributed by atoms with Gasteiger partial charge in [-0.15, -0.1) is 5.10 Å². The van der Waals surface area contributed by atoms with Gasteiger partial charge in [0.2, 0.25) is 5.03 Å². The summed E-state index contributed by atoms with van der Waals surface area (Å²) in [5, 5.41) is 12.0. The van der Waals surface area contributed by atoms with E-state index in [4.69, 9.17) is 0 Å². The van der Waals surface area contributed by atoms with Crippen molar-refractivity contribution in [1.29, 1.82) is 0 Å². The van der Waals surface area contributed by atoms with Crippen molar-refractivity contribution in [2.24, 2.45) is 18.4 Å². The smallest absolute Gasteiger partial charge is 0.291 e. The van der Waals surface area contributed by atoms with Crippen molar-refractivity contribution in [2.75, 3.05) is 6.54 Å². The Balaban J connectivity index is 1.33. The van der Waals surface area contributed by atoms with Gasteiger partial charge in [0.1, 0.15) is 11.5 Å². The molecule has 46 heavy (non-hydrogen) atoms. The topological polar surface area (TPSA) is 116 Å². The number of carbonyl (C=O) groups is 1. The Morgan fingerprint density at radius 2 is 1.89 bits per heavy atom. The molecule has 0 amide bonds. The molecule has 0 bridgehead atoms. The van der Waals surface area contributed by atoms with E-state index in [1.807, 2.05) is 6.08 Å². The van der Waals surface area contributed by atoms with E-state index in [0.717, 1.165) is 31.2 Å². The number of allylic oxidation sites excluding steroid dienone is 1. The normalized spacial score (nSPS) is 21.5. The highest BCUT2D eigenvalue weighted by atomic mass is 32.2. The zero-order valence-electron chi connectivity index (χ0n) is 24.7. The monoisotopic (exact) mass is 655 g/mol. The van der Waals surface area contributed by atoms with Gasteiger partial charge in [0.05, 0.1) is 34.8 Å². The number of alkyl halides is 3. The Bertz CT molecular complexity index is 1970. The van der Waals surface area contributed by atoms with Crippen LogP contribution >= 0.6 is 0 Å². The molecular formula is C31H29F4N7O3S. The van der Waals surface area contributed by atoms with Crippen LogP contribution in [0.25, 0.3) is 11.8 Å². The fraction of sp³-hybridized carbons (Fsp3) is 0.387. The lowest BCUT2D eigenvalue weighted by molar-refractivity contribution is -0.137. The fourth-order valence-corrected chi connectivity index (χ4v) is 8.30. The van der Waals surface area contributed by atoms with Crippen LogP contribution in [0, 0.1) is 17.2 Å². The molecule has 0 unspecified atom stereocenters. The summed E-state index contributed by atoms with van der Waals surface area (Å²) in [4.78, 5) is 18.6. The minimum absolute atomic E-state index is 0.0307. The molecule has 3 heterocycles.